The van der Waals surface area contributed by atoms with E-state index in [9.17, 15) is 4.79 Å². The van der Waals surface area contributed by atoms with Gasteiger partial charge < -0.3 is 5.32 Å². The standard InChI is InChI=1S/C16H17NO/c1-2-12-17-16(18)11-10-14-8-5-7-13-6-3-4-9-15(13)14/h3-11H,2,12H2,1H3,(H,17,18)/b11-10+. The molecule has 18 heavy (non-hydrogen) atoms. The van der Waals surface area contributed by atoms with Gasteiger partial charge in [-0.05, 0) is 28.8 Å². The fraction of sp³-hybridized carbons (Fsp3) is 0.188. The molecule has 2 aromatic carbocycles. The summed E-state index contributed by atoms with van der Waals surface area (Å²) in [7, 11) is 0. The molecule has 1 N–H and O–H groups in total. The summed E-state index contributed by atoms with van der Waals surface area (Å²) in [5, 5.41) is 5.18. The maximum Gasteiger partial charge on any atom is 0.243 e. The summed E-state index contributed by atoms with van der Waals surface area (Å²) in [5.74, 6) is -0.0372. The van der Waals surface area contributed by atoms with Crippen LogP contribution in [-0.2, 0) is 4.79 Å². The topological polar surface area (TPSA) is 29.1 Å². The van der Waals surface area contributed by atoms with Gasteiger partial charge in [-0.1, -0.05) is 49.4 Å². The maximum atomic E-state index is 11.5. The monoisotopic (exact) mass is 239 g/mol. The molecule has 0 aliphatic carbocycles. The van der Waals surface area contributed by atoms with Gasteiger partial charge in [-0.2, -0.15) is 0 Å². The summed E-state index contributed by atoms with van der Waals surface area (Å²) in [5.41, 5.74) is 1.07. The number of amides is 1. The van der Waals surface area contributed by atoms with Gasteiger partial charge >= 0.3 is 0 Å². The Morgan fingerprint density at radius 1 is 1.17 bits per heavy atom. The predicted molar refractivity (Wildman–Crippen MR) is 76.3 cm³/mol. The first kappa shape index (κ1) is 12.4. The van der Waals surface area contributed by atoms with Crippen LogP contribution in [0.4, 0.5) is 0 Å². The molecule has 2 rings (SSSR count). The molecule has 0 aliphatic rings. The molecule has 0 bridgehead atoms. The SMILES string of the molecule is CCCNC(=O)/C=C/c1cccc2ccccc12. The van der Waals surface area contributed by atoms with Crippen molar-refractivity contribution in [1.29, 1.82) is 0 Å². The zero-order chi connectivity index (χ0) is 12.8. The van der Waals surface area contributed by atoms with Gasteiger partial charge in [0.1, 0.15) is 0 Å². The Morgan fingerprint density at radius 2 is 1.94 bits per heavy atom. The van der Waals surface area contributed by atoms with Gasteiger partial charge in [-0.3, -0.25) is 4.79 Å². The Kier molecular flexibility index (Phi) is 4.13. The fourth-order valence-electron chi connectivity index (χ4n) is 1.87. The van der Waals surface area contributed by atoms with Crippen molar-refractivity contribution in [3.8, 4) is 0 Å². The van der Waals surface area contributed by atoms with E-state index in [0.717, 1.165) is 18.5 Å². The molecule has 0 aromatic heterocycles. The Balaban J connectivity index is 2.21. The van der Waals surface area contributed by atoms with Crippen molar-refractivity contribution in [3.05, 3.63) is 54.1 Å². The Morgan fingerprint density at radius 3 is 2.78 bits per heavy atom. The van der Waals surface area contributed by atoms with E-state index in [1.54, 1.807) is 6.08 Å². The minimum atomic E-state index is -0.0372. The number of carbonyl (C=O) groups excluding carboxylic acids is 1. The molecule has 0 radical (unpaired) electrons. The molecule has 92 valence electrons. The van der Waals surface area contributed by atoms with Crippen molar-refractivity contribution in [2.24, 2.45) is 0 Å². The van der Waals surface area contributed by atoms with E-state index >= 15 is 0 Å². The largest absolute Gasteiger partial charge is 0.353 e. The molecule has 0 atom stereocenters. The molecule has 0 saturated carbocycles. The normalized spacial score (nSPS) is 10.9. The van der Waals surface area contributed by atoms with E-state index in [2.05, 4.69) is 23.5 Å². The lowest BCUT2D eigenvalue weighted by Gasteiger charge is -2.02. The van der Waals surface area contributed by atoms with Crippen LogP contribution in [0.3, 0.4) is 0 Å². The molecule has 0 saturated heterocycles. The Bertz CT molecular complexity index is 567. The fourth-order valence-corrected chi connectivity index (χ4v) is 1.87. The second-order valence-corrected chi connectivity index (χ2v) is 4.19. The van der Waals surface area contributed by atoms with Crippen molar-refractivity contribution in [3.63, 3.8) is 0 Å². The van der Waals surface area contributed by atoms with Gasteiger partial charge in [-0.25, -0.2) is 0 Å². The third-order valence-corrected chi connectivity index (χ3v) is 2.79. The van der Waals surface area contributed by atoms with Gasteiger partial charge in [-0.15, -0.1) is 0 Å². The Hall–Kier alpha value is -2.09. The maximum absolute atomic E-state index is 11.5. The van der Waals surface area contributed by atoms with Gasteiger partial charge in [0.2, 0.25) is 5.91 Å². The van der Waals surface area contributed by atoms with E-state index in [4.69, 9.17) is 0 Å². The molecule has 2 nitrogen and oxygen atoms in total. The molecular weight excluding hydrogens is 222 g/mol. The summed E-state index contributed by atoms with van der Waals surface area (Å²) >= 11 is 0. The number of carbonyl (C=O) groups is 1. The second kappa shape index (κ2) is 6.01. The number of rotatable bonds is 4. The third kappa shape index (κ3) is 2.98. The molecule has 0 heterocycles. The first-order valence-corrected chi connectivity index (χ1v) is 6.25. The second-order valence-electron chi connectivity index (χ2n) is 4.19. The minimum absolute atomic E-state index is 0.0372. The van der Waals surface area contributed by atoms with E-state index in [0.29, 0.717) is 0 Å². The molecule has 0 fully saturated rings. The lowest BCUT2D eigenvalue weighted by molar-refractivity contribution is -0.116. The van der Waals surface area contributed by atoms with Crippen LogP contribution in [0.1, 0.15) is 18.9 Å². The van der Waals surface area contributed by atoms with Crippen molar-refractivity contribution in [2.75, 3.05) is 6.54 Å². The van der Waals surface area contributed by atoms with Crippen molar-refractivity contribution >= 4 is 22.8 Å². The van der Waals surface area contributed by atoms with Crippen LogP contribution in [0, 0.1) is 0 Å². The van der Waals surface area contributed by atoms with Crippen LogP contribution < -0.4 is 5.32 Å². The van der Waals surface area contributed by atoms with Gasteiger partial charge in [0.05, 0.1) is 0 Å². The number of fused-ring (bicyclic) bond motifs is 1. The quantitative estimate of drug-likeness (QED) is 0.814. The summed E-state index contributed by atoms with van der Waals surface area (Å²) in [6.07, 6.45) is 4.42. The molecule has 2 heteroatoms. The first-order chi connectivity index (χ1) is 8.81. The van der Waals surface area contributed by atoms with Crippen molar-refractivity contribution in [2.45, 2.75) is 13.3 Å². The van der Waals surface area contributed by atoms with Crippen LogP contribution in [0.15, 0.2) is 48.5 Å². The Labute approximate surface area is 107 Å². The third-order valence-electron chi connectivity index (χ3n) is 2.79. The van der Waals surface area contributed by atoms with Gasteiger partial charge in [0, 0.05) is 12.6 Å². The minimum Gasteiger partial charge on any atom is -0.353 e. The van der Waals surface area contributed by atoms with E-state index in [-0.39, 0.29) is 5.91 Å². The molecule has 2 aromatic rings. The molecule has 0 aliphatic heterocycles. The average molecular weight is 239 g/mol. The highest BCUT2D eigenvalue weighted by Gasteiger charge is 1.97. The average Bonchev–Trinajstić information content (AvgIpc) is 2.42. The molecular formula is C16H17NO. The summed E-state index contributed by atoms with van der Waals surface area (Å²) in [4.78, 5) is 11.5. The van der Waals surface area contributed by atoms with Crippen LogP contribution in [-0.4, -0.2) is 12.5 Å². The lowest BCUT2D eigenvalue weighted by atomic mass is 10.0. The van der Waals surface area contributed by atoms with Crippen LogP contribution in [0.2, 0.25) is 0 Å². The van der Waals surface area contributed by atoms with Crippen LogP contribution in [0.25, 0.3) is 16.8 Å². The molecule has 0 spiro atoms. The first-order valence-electron chi connectivity index (χ1n) is 6.25. The van der Waals surface area contributed by atoms with E-state index < -0.39 is 0 Å². The highest BCUT2D eigenvalue weighted by molar-refractivity contribution is 5.96. The number of hydrogen-bond acceptors (Lipinski definition) is 1. The predicted octanol–water partition coefficient (Wildman–Crippen LogP) is 3.38. The highest BCUT2D eigenvalue weighted by atomic mass is 16.1. The van der Waals surface area contributed by atoms with Crippen molar-refractivity contribution < 1.29 is 4.79 Å². The number of benzene rings is 2. The van der Waals surface area contributed by atoms with Crippen LogP contribution >= 0.6 is 0 Å². The van der Waals surface area contributed by atoms with E-state index in [1.807, 2.05) is 37.3 Å². The zero-order valence-corrected chi connectivity index (χ0v) is 10.5. The molecule has 0 unspecified atom stereocenters. The van der Waals surface area contributed by atoms with Crippen molar-refractivity contribution in [1.82, 2.24) is 5.32 Å². The number of nitrogens with one attached hydrogen (secondary N) is 1. The van der Waals surface area contributed by atoms with Gasteiger partial charge in [0.15, 0.2) is 0 Å². The number of hydrogen-bond donors (Lipinski definition) is 1. The van der Waals surface area contributed by atoms with Gasteiger partial charge in [0.25, 0.3) is 0 Å². The summed E-state index contributed by atoms with van der Waals surface area (Å²) in [6.45, 7) is 2.76. The van der Waals surface area contributed by atoms with E-state index in [1.165, 1.54) is 10.8 Å². The highest BCUT2D eigenvalue weighted by Crippen LogP contribution is 2.19. The van der Waals surface area contributed by atoms with Crippen LogP contribution in [0.5, 0.6) is 0 Å². The lowest BCUT2D eigenvalue weighted by Crippen LogP contribution is -2.21. The summed E-state index contributed by atoms with van der Waals surface area (Å²) < 4.78 is 0. The molecule has 1 amide bonds. The smallest absolute Gasteiger partial charge is 0.243 e. The summed E-state index contributed by atoms with van der Waals surface area (Å²) in [6, 6.07) is 14.3. The zero-order valence-electron chi connectivity index (χ0n) is 10.5.